The van der Waals surface area contributed by atoms with Gasteiger partial charge in [0.05, 0.1) is 43.5 Å². The van der Waals surface area contributed by atoms with Crippen LogP contribution in [0.25, 0.3) is 11.0 Å². The molecule has 2 heterocycles. The third-order valence-electron chi connectivity index (χ3n) is 6.26. The molecule has 0 spiro atoms. The van der Waals surface area contributed by atoms with Gasteiger partial charge in [-0.25, -0.2) is 9.78 Å². The fourth-order valence-electron chi connectivity index (χ4n) is 4.60. The highest BCUT2D eigenvalue weighted by Crippen LogP contribution is 2.45. The lowest BCUT2D eigenvalue weighted by Crippen LogP contribution is -2.29. The molecule has 0 fully saturated rings. The first-order valence-corrected chi connectivity index (χ1v) is 11.9. The molecule has 0 aliphatic carbocycles. The van der Waals surface area contributed by atoms with Crippen molar-refractivity contribution < 1.29 is 19.0 Å². The maximum atomic E-state index is 13.5. The van der Waals surface area contributed by atoms with Crippen molar-refractivity contribution in [2.24, 2.45) is 0 Å². The zero-order valence-electron chi connectivity index (χ0n) is 20.4. The standard InChI is InChI=1S/C27H33N3O4/c1-5-6-7-8-11-17-34-26(31)23-18(2)28-27-29-20-14-9-10-15-21(20)30(27)24(23)19-13-12-16-22(32-3)25(19)33-4/h9-10,12-16,24H,5-8,11,17H2,1-4H3,(H,28,29). The first-order valence-electron chi connectivity index (χ1n) is 11.9. The summed E-state index contributed by atoms with van der Waals surface area (Å²) in [7, 11) is 3.22. The van der Waals surface area contributed by atoms with Gasteiger partial charge < -0.3 is 19.5 Å². The van der Waals surface area contributed by atoms with Crippen LogP contribution in [-0.4, -0.2) is 36.3 Å². The molecule has 0 saturated heterocycles. The molecule has 0 radical (unpaired) electrons. The third kappa shape index (κ3) is 4.47. The molecule has 1 aliphatic heterocycles. The number of anilines is 1. The molecule has 0 amide bonds. The van der Waals surface area contributed by atoms with Crippen LogP contribution in [0.4, 0.5) is 5.95 Å². The van der Waals surface area contributed by atoms with Gasteiger partial charge in [-0.3, -0.25) is 4.57 Å². The zero-order valence-corrected chi connectivity index (χ0v) is 20.4. The number of allylic oxidation sites excluding steroid dienone is 1. The van der Waals surface area contributed by atoms with Crippen LogP contribution in [0.2, 0.25) is 0 Å². The van der Waals surface area contributed by atoms with Gasteiger partial charge in [0.15, 0.2) is 11.5 Å². The van der Waals surface area contributed by atoms with E-state index in [1.807, 2.05) is 54.0 Å². The molecule has 0 saturated carbocycles. The quantitative estimate of drug-likeness (QED) is 0.300. The number of nitrogens with zero attached hydrogens (tertiary/aromatic N) is 2. The first kappa shape index (κ1) is 23.7. The molecule has 1 aliphatic rings. The lowest BCUT2D eigenvalue weighted by molar-refractivity contribution is -0.139. The Labute approximate surface area is 200 Å². The summed E-state index contributed by atoms with van der Waals surface area (Å²) in [6, 6.07) is 13.1. The number of fused-ring (bicyclic) bond motifs is 3. The molecule has 1 aromatic heterocycles. The summed E-state index contributed by atoms with van der Waals surface area (Å²) in [6.45, 7) is 4.48. The number of carbonyl (C=O) groups is 1. The van der Waals surface area contributed by atoms with Crippen molar-refractivity contribution in [3.63, 3.8) is 0 Å². The van der Waals surface area contributed by atoms with Crippen molar-refractivity contribution in [2.75, 3.05) is 26.1 Å². The van der Waals surface area contributed by atoms with E-state index >= 15 is 0 Å². The van der Waals surface area contributed by atoms with Gasteiger partial charge in [-0.05, 0) is 31.5 Å². The van der Waals surface area contributed by atoms with Gasteiger partial charge in [-0.2, -0.15) is 0 Å². The van der Waals surface area contributed by atoms with Crippen LogP contribution >= 0.6 is 0 Å². The van der Waals surface area contributed by atoms with E-state index in [4.69, 9.17) is 19.2 Å². The Morgan fingerprint density at radius 2 is 1.82 bits per heavy atom. The SMILES string of the molecule is CCCCCCCOC(=O)C1=C(C)Nc2nc3ccccc3n2C1c1cccc(OC)c1OC. The van der Waals surface area contributed by atoms with Crippen LogP contribution in [-0.2, 0) is 9.53 Å². The van der Waals surface area contributed by atoms with Crippen LogP contribution in [0.5, 0.6) is 11.5 Å². The predicted molar refractivity (Wildman–Crippen MR) is 133 cm³/mol. The van der Waals surface area contributed by atoms with Crippen LogP contribution < -0.4 is 14.8 Å². The molecule has 1 atom stereocenters. The topological polar surface area (TPSA) is 74.6 Å². The number of methoxy groups -OCH3 is 2. The van der Waals surface area contributed by atoms with E-state index in [2.05, 4.69) is 12.2 Å². The van der Waals surface area contributed by atoms with E-state index in [0.29, 0.717) is 35.3 Å². The Kier molecular flexibility index (Phi) is 7.40. The predicted octanol–water partition coefficient (Wildman–Crippen LogP) is 5.86. The molecule has 1 unspecified atom stereocenters. The Morgan fingerprint density at radius 3 is 2.59 bits per heavy atom. The molecule has 0 bridgehead atoms. The Bertz CT molecular complexity index is 1200. The van der Waals surface area contributed by atoms with Crippen molar-refractivity contribution in [2.45, 2.75) is 52.0 Å². The minimum Gasteiger partial charge on any atom is -0.493 e. The van der Waals surface area contributed by atoms with Gasteiger partial charge in [0.2, 0.25) is 5.95 Å². The van der Waals surface area contributed by atoms with Gasteiger partial charge >= 0.3 is 5.97 Å². The van der Waals surface area contributed by atoms with Crippen LogP contribution in [0, 0.1) is 0 Å². The summed E-state index contributed by atoms with van der Waals surface area (Å²) in [5.74, 6) is 1.52. The van der Waals surface area contributed by atoms with Crippen LogP contribution in [0.3, 0.4) is 0 Å². The number of hydrogen-bond donors (Lipinski definition) is 1. The molecular formula is C27H33N3O4. The maximum absolute atomic E-state index is 13.5. The average Bonchev–Trinajstić information content (AvgIpc) is 3.22. The number of esters is 1. The zero-order chi connectivity index (χ0) is 24.1. The normalized spacial score (nSPS) is 15.1. The highest BCUT2D eigenvalue weighted by atomic mass is 16.5. The molecule has 2 aromatic carbocycles. The Hall–Kier alpha value is -3.48. The Balaban J connectivity index is 1.77. The van der Waals surface area contributed by atoms with E-state index in [9.17, 15) is 4.79 Å². The number of carbonyl (C=O) groups excluding carboxylic acids is 1. The van der Waals surface area contributed by atoms with E-state index in [-0.39, 0.29) is 5.97 Å². The minimum atomic E-state index is -0.485. The largest absolute Gasteiger partial charge is 0.493 e. The molecular weight excluding hydrogens is 430 g/mol. The number of hydrogen-bond acceptors (Lipinski definition) is 6. The fourth-order valence-corrected chi connectivity index (χ4v) is 4.60. The number of imidazole rings is 1. The van der Waals surface area contributed by atoms with Crippen molar-refractivity contribution >= 4 is 23.0 Å². The number of nitrogens with one attached hydrogen (secondary N) is 1. The minimum absolute atomic E-state index is 0.334. The highest BCUT2D eigenvalue weighted by Gasteiger charge is 2.37. The van der Waals surface area contributed by atoms with Crippen molar-refractivity contribution in [1.82, 2.24) is 9.55 Å². The maximum Gasteiger partial charge on any atom is 0.338 e. The van der Waals surface area contributed by atoms with Crippen molar-refractivity contribution in [3.8, 4) is 11.5 Å². The van der Waals surface area contributed by atoms with Crippen molar-refractivity contribution in [3.05, 3.63) is 59.3 Å². The second-order valence-corrected chi connectivity index (χ2v) is 8.49. The molecule has 7 nitrogen and oxygen atoms in total. The summed E-state index contributed by atoms with van der Waals surface area (Å²) in [6.07, 6.45) is 5.46. The third-order valence-corrected chi connectivity index (χ3v) is 6.26. The smallest absolute Gasteiger partial charge is 0.338 e. The highest BCUT2D eigenvalue weighted by molar-refractivity contribution is 5.94. The van der Waals surface area contributed by atoms with Gasteiger partial charge in [0.1, 0.15) is 0 Å². The molecule has 1 N–H and O–H groups in total. The number of aromatic nitrogens is 2. The first-order chi connectivity index (χ1) is 16.6. The van der Waals surface area contributed by atoms with E-state index in [0.717, 1.165) is 35.9 Å². The summed E-state index contributed by atoms with van der Waals surface area (Å²) in [4.78, 5) is 18.2. The van der Waals surface area contributed by atoms with E-state index < -0.39 is 6.04 Å². The lowest BCUT2D eigenvalue weighted by Gasteiger charge is -2.31. The summed E-state index contributed by atoms with van der Waals surface area (Å²) < 4.78 is 19.1. The number of benzene rings is 2. The average molecular weight is 464 g/mol. The van der Waals surface area contributed by atoms with Crippen molar-refractivity contribution in [1.29, 1.82) is 0 Å². The van der Waals surface area contributed by atoms with Gasteiger partial charge in [0.25, 0.3) is 0 Å². The van der Waals surface area contributed by atoms with Gasteiger partial charge in [0, 0.05) is 11.3 Å². The number of ether oxygens (including phenoxy) is 3. The molecule has 3 aromatic rings. The second-order valence-electron chi connectivity index (χ2n) is 8.49. The van der Waals surface area contributed by atoms with Gasteiger partial charge in [-0.15, -0.1) is 0 Å². The van der Waals surface area contributed by atoms with Crippen LogP contribution in [0.1, 0.15) is 57.6 Å². The number of para-hydroxylation sites is 3. The summed E-state index contributed by atoms with van der Waals surface area (Å²) >= 11 is 0. The number of unbranched alkanes of at least 4 members (excludes halogenated alkanes) is 4. The Morgan fingerprint density at radius 1 is 1.03 bits per heavy atom. The van der Waals surface area contributed by atoms with Gasteiger partial charge in [-0.1, -0.05) is 56.9 Å². The number of rotatable bonds is 10. The lowest BCUT2D eigenvalue weighted by atomic mass is 9.94. The molecule has 4 rings (SSSR count). The summed E-state index contributed by atoms with van der Waals surface area (Å²) in [5.41, 5.74) is 3.82. The van der Waals surface area contributed by atoms with E-state index in [1.54, 1.807) is 14.2 Å². The molecule has 7 heteroatoms. The fraction of sp³-hybridized carbons (Fsp3) is 0.407. The molecule has 180 valence electrons. The van der Waals surface area contributed by atoms with E-state index in [1.165, 1.54) is 12.8 Å². The van der Waals surface area contributed by atoms with Crippen LogP contribution in [0.15, 0.2) is 53.7 Å². The monoisotopic (exact) mass is 463 g/mol. The summed E-state index contributed by atoms with van der Waals surface area (Å²) in [5, 5.41) is 3.32. The second kappa shape index (κ2) is 10.6. The molecule has 34 heavy (non-hydrogen) atoms.